The molecule has 0 saturated heterocycles. The Labute approximate surface area is 114 Å². The number of nitrogens with two attached hydrogens (primary N) is 1. The lowest BCUT2D eigenvalue weighted by atomic mass is 9.88. The van der Waals surface area contributed by atoms with Gasteiger partial charge in [0.2, 0.25) is 0 Å². The molecule has 2 unspecified atom stereocenters. The molecule has 0 spiro atoms. The van der Waals surface area contributed by atoms with Crippen molar-refractivity contribution in [1.82, 2.24) is 5.01 Å². The van der Waals surface area contributed by atoms with E-state index in [0.717, 1.165) is 17.9 Å². The first kappa shape index (κ1) is 15.0. The second-order valence-electron chi connectivity index (χ2n) is 5.52. The highest BCUT2D eigenvalue weighted by Crippen LogP contribution is 2.36. The van der Waals surface area contributed by atoms with Gasteiger partial charge in [-0.3, -0.25) is 5.84 Å². The number of hydrogen-bond acceptors (Lipinski definition) is 2. The fourth-order valence-corrected chi connectivity index (χ4v) is 2.58. The van der Waals surface area contributed by atoms with E-state index in [0.29, 0.717) is 5.03 Å². The maximum Gasteiger partial charge on any atom is 0.0552 e. The van der Waals surface area contributed by atoms with E-state index in [9.17, 15) is 0 Å². The van der Waals surface area contributed by atoms with Crippen LogP contribution in [0.2, 0.25) is 0 Å². The average Bonchev–Trinajstić information content (AvgIpc) is 2.23. The van der Waals surface area contributed by atoms with E-state index >= 15 is 0 Å². The number of hydrazine groups is 1. The molecule has 0 radical (unpaired) electrons. The normalized spacial score (nSPS) is 25.9. The highest BCUT2D eigenvalue weighted by molar-refractivity contribution is 6.40. The van der Waals surface area contributed by atoms with E-state index in [1.165, 1.54) is 0 Å². The molecule has 0 bridgehead atoms. The van der Waals surface area contributed by atoms with Gasteiger partial charge in [-0.15, -0.1) is 0 Å². The summed E-state index contributed by atoms with van der Waals surface area (Å²) >= 11 is 12.4. The summed E-state index contributed by atoms with van der Waals surface area (Å²) in [6.07, 6.45) is 5.97. The van der Waals surface area contributed by atoms with Crippen LogP contribution in [-0.2, 0) is 0 Å². The lowest BCUT2D eigenvalue weighted by Gasteiger charge is -2.41. The van der Waals surface area contributed by atoms with Crippen molar-refractivity contribution in [2.45, 2.75) is 52.1 Å². The molecule has 0 heterocycles. The predicted octanol–water partition coefficient (Wildman–Crippen LogP) is 4.00. The van der Waals surface area contributed by atoms with Gasteiger partial charge in [-0.05, 0) is 33.3 Å². The van der Waals surface area contributed by atoms with Crippen LogP contribution in [0.1, 0.15) is 40.5 Å². The summed E-state index contributed by atoms with van der Waals surface area (Å²) in [5, 5.41) is 3.25. The molecule has 0 fully saturated rings. The van der Waals surface area contributed by atoms with E-state index < -0.39 is 0 Å². The van der Waals surface area contributed by atoms with Crippen LogP contribution in [0.3, 0.4) is 0 Å². The zero-order valence-electron chi connectivity index (χ0n) is 11.0. The largest absolute Gasteiger partial charge is 0.268 e. The van der Waals surface area contributed by atoms with Gasteiger partial charge in [-0.25, -0.2) is 5.01 Å². The molecular weight excluding hydrogens is 255 g/mol. The van der Waals surface area contributed by atoms with Gasteiger partial charge < -0.3 is 0 Å². The summed E-state index contributed by atoms with van der Waals surface area (Å²) in [5.41, 5.74) is -0.0953. The Kier molecular flexibility index (Phi) is 5.08. The maximum atomic E-state index is 6.32. The van der Waals surface area contributed by atoms with Crippen molar-refractivity contribution >= 4 is 23.2 Å². The Bertz CT molecular complexity index is 329. The monoisotopic (exact) mass is 276 g/mol. The van der Waals surface area contributed by atoms with Crippen molar-refractivity contribution < 1.29 is 0 Å². The molecule has 0 saturated carbocycles. The standard InChI is InChI=1S/C13H22Cl2N2/c1-5-6-9-11(17(16)13(2,3)4)8-7-10(14)12(9)15/h7-9,11H,5-6,16H2,1-4H3. The van der Waals surface area contributed by atoms with Gasteiger partial charge in [0.25, 0.3) is 0 Å². The summed E-state index contributed by atoms with van der Waals surface area (Å²) in [6, 6.07) is 0.116. The molecule has 1 aliphatic rings. The van der Waals surface area contributed by atoms with Gasteiger partial charge in [0.15, 0.2) is 0 Å². The summed E-state index contributed by atoms with van der Waals surface area (Å²) in [4.78, 5) is 0. The first-order chi connectivity index (χ1) is 7.79. The van der Waals surface area contributed by atoms with Gasteiger partial charge in [-0.1, -0.05) is 42.6 Å². The van der Waals surface area contributed by atoms with Gasteiger partial charge in [0, 0.05) is 16.5 Å². The summed E-state index contributed by atoms with van der Waals surface area (Å²) in [5.74, 6) is 6.41. The highest BCUT2D eigenvalue weighted by atomic mass is 35.5. The third-order valence-corrected chi connectivity index (χ3v) is 4.01. The Morgan fingerprint density at radius 3 is 2.41 bits per heavy atom. The van der Waals surface area contributed by atoms with Crippen molar-refractivity contribution in [2.75, 3.05) is 0 Å². The van der Waals surface area contributed by atoms with Crippen LogP contribution < -0.4 is 5.84 Å². The van der Waals surface area contributed by atoms with Crippen LogP contribution in [0.5, 0.6) is 0 Å². The molecular formula is C13H22Cl2N2. The average molecular weight is 277 g/mol. The van der Waals surface area contributed by atoms with E-state index in [2.05, 4.69) is 33.8 Å². The summed E-state index contributed by atoms with van der Waals surface area (Å²) < 4.78 is 0. The van der Waals surface area contributed by atoms with Gasteiger partial charge >= 0.3 is 0 Å². The fraction of sp³-hybridized carbons (Fsp3) is 0.692. The van der Waals surface area contributed by atoms with E-state index in [4.69, 9.17) is 29.0 Å². The minimum Gasteiger partial charge on any atom is -0.268 e. The van der Waals surface area contributed by atoms with Crippen LogP contribution in [0.4, 0.5) is 0 Å². The third-order valence-electron chi connectivity index (χ3n) is 3.10. The number of nitrogens with zero attached hydrogens (tertiary/aromatic N) is 1. The Hall–Kier alpha value is -0.0200. The number of rotatable bonds is 3. The van der Waals surface area contributed by atoms with Crippen molar-refractivity contribution in [3.05, 3.63) is 22.2 Å². The number of halogens is 2. The number of allylic oxidation sites excluding steroid dienone is 2. The molecule has 2 nitrogen and oxygen atoms in total. The van der Waals surface area contributed by atoms with Crippen molar-refractivity contribution in [3.8, 4) is 0 Å². The molecule has 0 aromatic heterocycles. The zero-order valence-corrected chi connectivity index (χ0v) is 12.5. The quantitative estimate of drug-likeness (QED) is 0.624. The maximum absolute atomic E-state index is 6.32. The predicted molar refractivity (Wildman–Crippen MR) is 75.8 cm³/mol. The minimum atomic E-state index is -0.0953. The molecule has 0 aromatic rings. The first-order valence-electron chi connectivity index (χ1n) is 6.06. The molecule has 0 amide bonds. The lowest BCUT2D eigenvalue weighted by Crippen LogP contribution is -2.55. The van der Waals surface area contributed by atoms with Crippen LogP contribution >= 0.6 is 23.2 Å². The third kappa shape index (κ3) is 3.47. The number of hydrogen-bond donors (Lipinski definition) is 1. The first-order valence-corrected chi connectivity index (χ1v) is 6.82. The smallest absolute Gasteiger partial charge is 0.0552 e. The van der Waals surface area contributed by atoms with E-state index in [1.54, 1.807) is 0 Å². The van der Waals surface area contributed by atoms with Gasteiger partial charge in [-0.2, -0.15) is 0 Å². The lowest BCUT2D eigenvalue weighted by molar-refractivity contribution is 0.0800. The fourth-order valence-electron chi connectivity index (χ4n) is 2.07. The van der Waals surface area contributed by atoms with Crippen LogP contribution in [0.15, 0.2) is 22.2 Å². The minimum absolute atomic E-state index is 0.0953. The van der Waals surface area contributed by atoms with Crippen LogP contribution in [0.25, 0.3) is 0 Å². The molecule has 2 atom stereocenters. The van der Waals surface area contributed by atoms with Crippen molar-refractivity contribution in [2.24, 2.45) is 11.8 Å². The Balaban J connectivity index is 2.97. The van der Waals surface area contributed by atoms with Gasteiger partial charge in [0.1, 0.15) is 0 Å². The SMILES string of the molecule is CCCC1C(Cl)=C(Cl)C=CC1N(N)C(C)(C)C. The summed E-state index contributed by atoms with van der Waals surface area (Å²) in [6.45, 7) is 8.43. The topological polar surface area (TPSA) is 29.3 Å². The van der Waals surface area contributed by atoms with E-state index in [1.807, 2.05) is 11.1 Å². The molecule has 2 N–H and O–H groups in total. The van der Waals surface area contributed by atoms with Crippen LogP contribution in [0, 0.1) is 5.92 Å². The van der Waals surface area contributed by atoms with Crippen LogP contribution in [-0.4, -0.2) is 16.6 Å². The van der Waals surface area contributed by atoms with Crippen molar-refractivity contribution in [1.29, 1.82) is 0 Å². The zero-order chi connectivity index (χ0) is 13.2. The Morgan fingerprint density at radius 2 is 1.94 bits per heavy atom. The second-order valence-corrected chi connectivity index (χ2v) is 6.33. The molecule has 98 valence electrons. The Morgan fingerprint density at radius 1 is 1.35 bits per heavy atom. The molecule has 1 rings (SSSR count). The molecule has 17 heavy (non-hydrogen) atoms. The van der Waals surface area contributed by atoms with Crippen molar-refractivity contribution in [3.63, 3.8) is 0 Å². The molecule has 1 aliphatic carbocycles. The van der Waals surface area contributed by atoms with Gasteiger partial charge in [0.05, 0.1) is 11.1 Å². The second kappa shape index (κ2) is 5.75. The highest BCUT2D eigenvalue weighted by Gasteiger charge is 2.34. The van der Waals surface area contributed by atoms with E-state index in [-0.39, 0.29) is 17.5 Å². The molecule has 0 aromatic carbocycles. The summed E-state index contributed by atoms with van der Waals surface area (Å²) in [7, 11) is 0. The molecule has 0 aliphatic heterocycles. The molecule has 4 heteroatoms.